The van der Waals surface area contributed by atoms with Crippen LogP contribution in [0.2, 0.25) is 0 Å². The molecule has 3 nitrogen and oxygen atoms in total. The minimum atomic E-state index is 0.412. The molecule has 1 fully saturated rings. The van der Waals surface area contributed by atoms with Gasteiger partial charge in [-0.1, -0.05) is 6.58 Å². The third-order valence-corrected chi connectivity index (χ3v) is 2.07. The second kappa shape index (κ2) is 4.26. The van der Waals surface area contributed by atoms with Crippen molar-refractivity contribution in [2.45, 2.75) is 13.0 Å². The molecule has 1 aliphatic heterocycles. The van der Waals surface area contributed by atoms with Crippen LogP contribution in [-0.4, -0.2) is 43.6 Å². The molecule has 0 radical (unpaired) electrons. The van der Waals surface area contributed by atoms with E-state index in [1.54, 1.807) is 13.1 Å². The van der Waals surface area contributed by atoms with Gasteiger partial charge in [-0.2, -0.15) is 0 Å². The third kappa shape index (κ3) is 1.85. The quantitative estimate of drug-likeness (QED) is 0.429. The monoisotopic (exact) mass is 168 g/mol. The van der Waals surface area contributed by atoms with E-state index in [2.05, 4.69) is 23.4 Å². The lowest BCUT2D eigenvalue weighted by molar-refractivity contribution is 0.0336. The number of hydrogen-bond acceptors (Lipinski definition) is 2. The highest BCUT2D eigenvalue weighted by Gasteiger charge is 2.19. The van der Waals surface area contributed by atoms with Crippen LogP contribution in [0.5, 0.6) is 0 Å². The largest absolute Gasteiger partial charge is 0.377 e. The molecule has 1 aliphatic rings. The van der Waals surface area contributed by atoms with Crippen LogP contribution in [0.1, 0.15) is 6.92 Å². The Labute approximate surface area is 73.7 Å². The van der Waals surface area contributed by atoms with Gasteiger partial charge in [0.25, 0.3) is 0 Å². The summed E-state index contributed by atoms with van der Waals surface area (Å²) in [6.07, 6.45) is 1.79. The highest BCUT2D eigenvalue weighted by molar-refractivity contribution is 5.92. The molecule has 0 N–H and O–H groups in total. The molecule has 1 saturated heterocycles. The first kappa shape index (κ1) is 9.26. The van der Waals surface area contributed by atoms with E-state index < -0.39 is 0 Å². The SMILES string of the molecule is C=CC(=NC)N1CCOC[C@@H]1C. The molecule has 0 aliphatic carbocycles. The van der Waals surface area contributed by atoms with Crippen molar-refractivity contribution in [3.63, 3.8) is 0 Å². The van der Waals surface area contributed by atoms with Crippen LogP contribution in [0, 0.1) is 0 Å². The van der Waals surface area contributed by atoms with Gasteiger partial charge >= 0.3 is 0 Å². The number of rotatable bonds is 1. The van der Waals surface area contributed by atoms with Crippen LogP contribution in [0.3, 0.4) is 0 Å². The second-order valence-corrected chi connectivity index (χ2v) is 2.90. The Morgan fingerprint density at radius 2 is 2.50 bits per heavy atom. The maximum atomic E-state index is 5.32. The van der Waals surface area contributed by atoms with Crippen molar-refractivity contribution in [3.05, 3.63) is 12.7 Å². The second-order valence-electron chi connectivity index (χ2n) is 2.90. The van der Waals surface area contributed by atoms with Crippen LogP contribution in [0.4, 0.5) is 0 Å². The molecular weight excluding hydrogens is 152 g/mol. The van der Waals surface area contributed by atoms with Crippen LogP contribution in [0.25, 0.3) is 0 Å². The minimum Gasteiger partial charge on any atom is -0.377 e. The highest BCUT2D eigenvalue weighted by Crippen LogP contribution is 2.07. The van der Waals surface area contributed by atoms with Crippen LogP contribution >= 0.6 is 0 Å². The number of amidine groups is 1. The molecule has 0 aromatic heterocycles. The van der Waals surface area contributed by atoms with Gasteiger partial charge in [0.15, 0.2) is 0 Å². The van der Waals surface area contributed by atoms with E-state index >= 15 is 0 Å². The summed E-state index contributed by atoms with van der Waals surface area (Å²) in [4.78, 5) is 6.37. The van der Waals surface area contributed by atoms with Crippen molar-refractivity contribution in [1.82, 2.24) is 4.90 Å². The highest BCUT2D eigenvalue weighted by atomic mass is 16.5. The normalized spacial score (nSPS) is 25.7. The number of ether oxygens (including phenoxy) is 1. The van der Waals surface area contributed by atoms with Crippen LogP contribution in [-0.2, 0) is 4.74 Å². The van der Waals surface area contributed by atoms with E-state index in [0.717, 1.165) is 25.6 Å². The van der Waals surface area contributed by atoms with Gasteiger partial charge in [-0.05, 0) is 13.0 Å². The van der Waals surface area contributed by atoms with E-state index in [1.165, 1.54) is 0 Å². The van der Waals surface area contributed by atoms with Gasteiger partial charge in [0.05, 0.1) is 19.3 Å². The fraction of sp³-hybridized carbons (Fsp3) is 0.667. The molecule has 0 aromatic rings. The summed E-state index contributed by atoms with van der Waals surface area (Å²) in [6, 6.07) is 0.412. The fourth-order valence-electron chi connectivity index (χ4n) is 1.40. The van der Waals surface area contributed by atoms with Gasteiger partial charge < -0.3 is 9.64 Å². The Morgan fingerprint density at radius 1 is 1.75 bits per heavy atom. The predicted octanol–water partition coefficient (Wildman–Crippen LogP) is 0.921. The molecule has 68 valence electrons. The Balaban J connectivity index is 2.64. The van der Waals surface area contributed by atoms with E-state index in [9.17, 15) is 0 Å². The fourth-order valence-corrected chi connectivity index (χ4v) is 1.40. The summed E-state index contributed by atoms with van der Waals surface area (Å²) >= 11 is 0. The average Bonchev–Trinajstić information content (AvgIpc) is 2.10. The lowest BCUT2D eigenvalue weighted by atomic mass is 10.2. The van der Waals surface area contributed by atoms with Gasteiger partial charge in [-0.25, -0.2) is 0 Å². The molecule has 1 rings (SSSR count). The van der Waals surface area contributed by atoms with Crippen molar-refractivity contribution < 1.29 is 4.74 Å². The summed E-state index contributed by atoms with van der Waals surface area (Å²) in [5.74, 6) is 0.964. The summed E-state index contributed by atoms with van der Waals surface area (Å²) in [5, 5.41) is 0. The first-order chi connectivity index (χ1) is 5.79. The lowest BCUT2D eigenvalue weighted by Gasteiger charge is -2.34. The molecule has 0 bridgehead atoms. The number of morpholine rings is 1. The molecule has 0 amide bonds. The summed E-state index contributed by atoms with van der Waals surface area (Å²) in [7, 11) is 1.79. The third-order valence-electron chi connectivity index (χ3n) is 2.07. The average molecular weight is 168 g/mol. The molecule has 0 unspecified atom stereocenters. The topological polar surface area (TPSA) is 24.8 Å². The molecule has 0 aromatic carbocycles. The maximum absolute atomic E-state index is 5.32. The van der Waals surface area contributed by atoms with Gasteiger partial charge in [-0.15, -0.1) is 0 Å². The van der Waals surface area contributed by atoms with Crippen LogP contribution < -0.4 is 0 Å². The van der Waals surface area contributed by atoms with Gasteiger partial charge in [0.2, 0.25) is 0 Å². The van der Waals surface area contributed by atoms with Crippen molar-refractivity contribution in [1.29, 1.82) is 0 Å². The molecule has 12 heavy (non-hydrogen) atoms. The molecule has 0 spiro atoms. The van der Waals surface area contributed by atoms with E-state index in [-0.39, 0.29) is 0 Å². The Kier molecular flexibility index (Phi) is 3.29. The zero-order chi connectivity index (χ0) is 8.97. The number of nitrogens with zero attached hydrogens (tertiary/aromatic N) is 2. The predicted molar refractivity (Wildman–Crippen MR) is 50.5 cm³/mol. The van der Waals surface area contributed by atoms with E-state index in [0.29, 0.717) is 6.04 Å². The molecular formula is C9H16N2O. The lowest BCUT2D eigenvalue weighted by Crippen LogP contribution is -2.46. The number of hydrogen-bond donors (Lipinski definition) is 0. The van der Waals surface area contributed by atoms with E-state index in [1.807, 2.05) is 0 Å². The standard InChI is InChI=1S/C9H16N2O/c1-4-9(10-3)11-5-6-12-7-8(11)2/h4,8H,1,5-7H2,2-3H3/t8-/m0/s1. The van der Waals surface area contributed by atoms with Crippen molar-refractivity contribution >= 4 is 5.84 Å². The van der Waals surface area contributed by atoms with Gasteiger partial charge in [0.1, 0.15) is 5.84 Å². The summed E-state index contributed by atoms with van der Waals surface area (Å²) in [6.45, 7) is 8.35. The van der Waals surface area contributed by atoms with Crippen molar-refractivity contribution in [3.8, 4) is 0 Å². The van der Waals surface area contributed by atoms with Crippen LogP contribution in [0.15, 0.2) is 17.6 Å². The Hall–Kier alpha value is -0.830. The summed E-state index contributed by atoms with van der Waals surface area (Å²) < 4.78 is 5.32. The summed E-state index contributed by atoms with van der Waals surface area (Å²) in [5.41, 5.74) is 0. The number of aliphatic imine (C=N–C) groups is 1. The Bertz CT molecular complexity index is 189. The van der Waals surface area contributed by atoms with E-state index in [4.69, 9.17) is 4.74 Å². The smallest absolute Gasteiger partial charge is 0.122 e. The molecule has 1 heterocycles. The zero-order valence-electron chi connectivity index (χ0n) is 7.79. The van der Waals surface area contributed by atoms with Gasteiger partial charge in [-0.3, -0.25) is 4.99 Å². The Morgan fingerprint density at radius 3 is 3.00 bits per heavy atom. The van der Waals surface area contributed by atoms with Crippen molar-refractivity contribution in [2.24, 2.45) is 4.99 Å². The minimum absolute atomic E-state index is 0.412. The zero-order valence-corrected chi connectivity index (χ0v) is 7.79. The maximum Gasteiger partial charge on any atom is 0.122 e. The van der Waals surface area contributed by atoms with Crippen molar-refractivity contribution in [2.75, 3.05) is 26.8 Å². The van der Waals surface area contributed by atoms with Gasteiger partial charge in [0, 0.05) is 13.6 Å². The first-order valence-electron chi connectivity index (χ1n) is 4.23. The molecule has 3 heteroatoms. The molecule has 1 atom stereocenters. The first-order valence-corrected chi connectivity index (χ1v) is 4.23. The molecule has 0 saturated carbocycles.